The fourth-order valence-corrected chi connectivity index (χ4v) is 3.63. The van der Waals surface area contributed by atoms with Crippen LogP contribution >= 0.6 is 11.8 Å². The normalized spacial score (nSPS) is 27.5. The van der Waals surface area contributed by atoms with Crippen molar-refractivity contribution in [3.8, 4) is 0 Å². The lowest BCUT2D eigenvalue weighted by molar-refractivity contribution is -0.162. The predicted octanol–water partition coefficient (Wildman–Crippen LogP) is 1.24. The van der Waals surface area contributed by atoms with E-state index in [0.717, 1.165) is 11.1 Å². The van der Waals surface area contributed by atoms with Crippen LogP contribution in [-0.4, -0.2) is 34.2 Å². The molecule has 21 heavy (non-hydrogen) atoms. The van der Waals surface area contributed by atoms with Gasteiger partial charge in [0.2, 0.25) is 5.91 Å². The topological polar surface area (TPSA) is 72.6 Å². The van der Waals surface area contributed by atoms with E-state index in [-0.39, 0.29) is 17.9 Å². The molecule has 2 heterocycles. The van der Waals surface area contributed by atoms with Gasteiger partial charge in [-0.15, -0.1) is 11.8 Å². The molecule has 0 saturated carbocycles. The molecule has 1 fully saturated rings. The Morgan fingerprint density at radius 2 is 2.10 bits per heavy atom. The maximum absolute atomic E-state index is 12.3. The fraction of sp³-hybridized carbons (Fsp3) is 0.333. The van der Waals surface area contributed by atoms with Crippen LogP contribution in [0.1, 0.15) is 12.5 Å². The number of thioether (sulfide) groups is 1. The second kappa shape index (κ2) is 5.54. The summed E-state index contributed by atoms with van der Waals surface area (Å²) in [7, 11) is 0. The van der Waals surface area contributed by atoms with E-state index in [4.69, 9.17) is 10.5 Å². The van der Waals surface area contributed by atoms with E-state index in [0.29, 0.717) is 0 Å². The highest BCUT2D eigenvalue weighted by atomic mass is 32.2. The lowest BCUT2D eigenvalue weighted by Crippen LogP contribution is -2.72. The molecule has 1 aromatic rings. The number of ether oxygens (including phenoxy) is 1. The van der Waals surface area contributed by atoms with Gasteiger partial charge in [-0.1, -0.05) is 30.3 Å². The third-order valence-corrected chi connectivity index (χ3v) is 4.98. The van der Waals surface area contributed by atoms with Crippen LogP contribution in [0.3, 0.4) is 0 Å². The Morgan fingerprint density at radius 1 is 1.38 bits per heavy atom. The van der Waals surface area contributed by atoms with E-state index in [2.05, 4.69) is 0 Å². The number of hydrogen-bond donors (Lipinski definition) is 1. The van der Waals surface area contributed by atoms with Crippen LogP contribution < -0.4 is 5.73 Å². The minimum absolute atomic E-state index is 0.157. The van der Waals surface area contributed by atoms with Crippen molar-refractivity contribution >= 4 is 23.6 Å². The number of amides is 1. The molecule has 1 amide bonds. The maximum atomic E-state index is 12.3. The van der Waals surface area contributed by atoms with Crippen molar-refractivity contribution in [2.45, 2.75) is 31.0 Å². The molecule has 110 valence electrons. The van der Waals surface area contributed by atoms with Gasteiger partial charge in [0.25, 0.3) is 0 Å². The van der Waals surface area contributed by atoms with Gasteiger partial charge < -0.3 is 15.4 Å². The van der Waals surface area contributed by atoms with E-state index < -0.39 is 18.1 Å². The summed E-state index contributed by atoms with van der Waals surface area (Å²) in [6, 6.07) is 8.29. The summed E-state index contributed by atoms with van der Waals surface area (Å²) in [6.45, 7) is 2.03. The summed E-state index contributed by atoms with van der Waals surface area (Å²) in [5, 5.41) is 1.73. The van der Waals surface area contributed by atoms with E-state index in [1.807, 2.05) is 42.7 Å². The predicted molar refractivity (Wildman–Crippen MR) is 80.0 cm³/mol. The van der Waals surface area contributed by atoms with Crippen LogP contribution in [0.2, 0.25) is 0 Å². The molecule has 1 saturated heterocycles. The van der Waals surface area contributed by atoms with Gasteiger partial charge in [-0.2, -0.15) is 0 Å². The number of nitrogens with zero attached hydrogens (tertiary/aromatic N) is 1. The molecule has 3 atom stereocenters. The number of benzene rings is 1. The molecule has 3 rings (SSSR count). The Bertz CT molecular complexity index is 602. The molecule has 1 aromatic carbocycles. The van der Waals surface area contributed by atoms with Crippen molar-refractivity contribution < 1.29 is 14.3 Å². The SMILES string of the molecule is CC1=CS[C@H]2C(N)C(=O)N2C1C(=O)OCc1ccccc1. The molecular weight excluding hydrogens is 288 g/mol. The fourth-order valence-electron chi connectivity index (χ4n) is 2.50. The van der Waals surface area contributed by atoms with Gasteiger partial charge in [-0.05, 0) is 23.5 Å². The Balaban J connectivity index is 1.70. The zero-order chi connectivity index (χ0) is 15.0. The average molecular weight is 304 g/mol. The van der Waals surface area contributed by atoms with Gasteiger partial charge in [0.1, 0.15) is 18.0 Å². The van der Waals surface area contributed by atoms with E-state index in [9.17, 15) is 9.59 Å². The first-order valence-corrected chi connectivity index (χ1v) is 7.64. The van der Waals surface area contributed by atoms with Crippen molar-refractivity contribution in [2.24, 2.45) is 5.73 Å². The van der Waals surface area contributed by atoms with Gasteiger partial charge in [0.05, 0.1) is 0 Å². The van der Waals surface area contributed by atoms with Crippen molar-refractivity contribution in [2.75, 3.05) is 0 Å². The standard InChI is InChI=1S/C15H16N2O3S/c1-9-8-21-14-11(16)13(18)17(14)12(9)15(19)20-7-10-5-3-2-4-6-10/h2-6,8,11-12,14H,7,16H2,1H3/t11?,12?,14-/m0/s1. The zero-order valence-corrected chi connectivity index (χ0v) is 12.4. The third kappa shape index (κ3) is 2.45. The van der Waals surface area contributed by atoms with Crippen molar-refractivity contribution in [3.05, 3.63) is 46.9 Å². The highest BCUT2D eigenvalue weighted by Crippen LogP contribution is 2.39. The molecule has 2 N–H and O–H groups in total. The van der Waals surface area contributed by atoms with Crippen molar-refractivity contribution in [1.29, 1.82) is 0 Å². The molecule has 0 aliphatic carbocycles. The van der Waals surface area contributed by atoms with Crippen LogP contribution in [0.25, 0.3) is 0 Å². The Morgan fingerprint density at radius 3 is 2.81 bits per heavy atom. The van der Waals surface area contributed by atoms with Gasteiger partial charge in [-0.3, -0.25) is 4.79 Å². The van der Waals surface area contributed by atoms with Crippen LogP contribution in [0.15, 0.2) is 41.3 Å². The molecule has 0 aromatic heterocycles. The molecule has 2 unspecified atom stereocenters. The molecule has 2 aliphatic heterocycles. The van der Waals surface area contributed by atoms with Crippen molar-refractivity contribution in [1.82, 2.24) is 4.90 Å². The highest BCUT2D eigenvalue weighted by Gasteiger charge is 2.53. The van der Waals surface area contributed by atoms with Gasteiger partial charge in [0, 0.05) is 0 Å². The number of carbonyl (C=O) groups is 2. The van der Waals surface area contributed by atoms with Gasteiger partial charge in [-0.25, -0.2) is 4.79 Å². The number of β-lactam (4-membered cyclic amide) rings is 1. The number of fused-ring (bicyclic) bond motifs is 1. The number of carbonyl (C=O) groups excluding carboxylic acids is 2. The van der Waals surface area contributed by atoms with E-state index >= 15 is 0 Å². The lowest BCUT2D eigenvalue weighted by Gasteiger charge is -2.50. The number of hydrogen-bond acceptors (Lipinski definition) is 5. The van der Waals surface area contributed by atoms with Crippen LogP contribution in [-0.2, 0) is 20.9 Å². The smallest absolute Gasteiger partial charge is 0.333 e. The lowest BCUT2D eigenvalue weighted by atomic mass is 10.00. The Hall–Kier alpha value is -1.79. The highest BCUT2D eigenvalue weighted by molar-refractivity contribution is 8.02. The number of nitrogens with two attached hydrogens (primary N) is 1. The molecule has 6 heteroatoms. The summed E-state index contributed by atoms with van der Waals surface area (Å²) in [5.41, 5.74) is 7.49. The molecule has 5 nitrogen and oxygen atoms in total. The second-order valence-corrected chi connectivity index (χ2v) is 6.15. The van der Waals surface area contributed by atoms with E-state index in [1.54, 1.807) is 0 Å². The summed E-state index contributed by atoms with van der Waals surface area (Å²) in [5.74, 6) is -0.597. The van der Waals surface area contributed by atoms with Crippen molar-refractivity contribution in [3.63, 3.8) is 0 Å². The Kier molecular flexibility index (Phi) is 3.73. The summed E-state index contributed by atoms with van der Waals surface area (Å²) in [4.78, 5) is 25.7. The largest absolute Gasteiger partial charge is 0.459 e. The zero-order valence-electron chi connectivity index (χ0n) is 11.6. The van der Waals surface area contributed by atoms with Crippen LogP contribution in [0.5, 0.6) is 0 Å². The minimum atomic E-state index is -0.646. The second-order valence-electron chi connectivity index (χ2n) is 5.16. The molecule has 0 bridgehead atoms. The first kappa shape index (κ1) is 14.2. The molecule has 0 radical (unpaired) electrons. The summed E-state index contributed by atoms with van der Waals surface area (Å²) >= 11 is 1.48. The number of rotatable bonds is 3. The monoisotopic (exact) mass is 304 g/mol. The third-order valence-electron chi connectivity index (χ3n) is 3.67. The molecule has 2 aliphatic rings. The quantitative estimate of drug-likeness (QED) is 0.672. The van der Waals surface area contributed by atoms with Gasteiger partial charge >= 0.3 is 5.97 Å². The molecule has 0 spiro atoms. The maximum Gasteiger partial charge on any atom is 0.333 e. The average Bonchev–Trinajstić information content (AvgIpc) is 2.52. The van der Waals surface area contributed by atoms with Crippen LogP contribution in [0.4, 0.5) is 0 Å². The molecular formula is C15H16N2O3S. The van der Waals surface area contributed by atoms with Gasteiger partial charge in [0.15, 0.2) is 6.04 Å². The first-order chi connectivity index (χ1) is 10.1. The van der Waals surface area contributed by atoms with Crippen LogP contribution in [0, 0.1) is 0 Å². The van der Waals surface area contributed by atoms with E-state index in [1.165, 1.54) is 16.7 Å². The summed E-state index contributed by atoms with van der Waals surface area (Å²) < 4.78 is 5.35. The first-order valence-electron chi connectivity index (χ1n) is 6.70. The number of esters is 1. The summed E-state index contributed by atoms with van der Waals surface area (Å²) in [6.07, 6.45) is 0. The minimum Gasteiger partial charge on any atom is -0.459 e. The Labute approximate surface area is 127 Å².